The van der Waals surface area contributed by atoms with E-state index in [1.807, 2.05) is 12.1 Å². The van der Waals surface area contributed by atoms with E-state index in [0.29, 0.717) is 23.6 Å². The first-order valence-corrected chi connectivity index (χ1v) is 14.2. The predicted octanol–water partition coefficient (Wildman–Crippen LogP) is 3.68. The number of Topliss-reactive ketones (excluding diaryl/α,β-unsaturated/α-hetero) is 1. The van der Waals surface area contributed by atoms with Gasteiger partial charge in [0.1, 0.15) is 6.04 Å². The molecule has 0 saturated heterocycles. The molecule has 0 spiro atoms. The fourth-order valence-electron chi connectivity index (χ4n) is 4.27. The Bertz CT molecular complexity index is 1590. The van der Waals surface area contributed by atoms with E-state index in [0.717, 1.165) is 12.7 Å². The molecule has 4 rings (SSSR count). The van der Waals surface area contributed by atoms with Crippen LogP contribution < -0.4 is 26.0 Å². The molecule has 2 amide bonds. The lowest BCUT2D eigenvalue weighted by molar-refractivity contribution is -0.154. The maximum atomic E-state index is 12.9. The van der Waals surface area contributed by atoms with Crippen molar-refractivity contribution in [3.05, 3.63) is 64.7 Å². The fourth-order valence-corrected chi connectivity index (χ4v) is 4.39. The van der Waals surface area contributed by atoms with E-state index in [1.54, 1.807) is 12.1 Å². The standard InChI is InChI=1S/C29H29ClF3N7O6/c1-34-23(43)21(41)12-11-20(24(44)45-2)36-22(42)16-3-9-19(10-4-16)35-25-37-26(39-27(38-25)46-15-29(31,32)33)40-28(13-14-28)17-5-7-18(30)8-6-17/h3-10,20H,11-15H2,1-2H3,(H,34,43)(H,36,42)(H2,35,37,38,39,40)/t20-/m0/s1. The number of anilines is 3. The number of aromatic nitrogens is 3. The van der Waals surface area contributed by atoms with E-state index in [1.165, 1.54) is 31.3 Å². The van der Waals surface area contributed by atoms with Gasteiger partial charge in [-0.15, -0.1) is 0 Å². The number of nitrogens with zero attached hydrogens (tertiary/aromatic N) is 3. The van der Waals surface area contributed by atoms with Gasteiger partial charge in [-0.25, -0.2) is 4.79 Å². The zero-order chi connectivity index (χ0) is 33.5. The number of ketones is 1. The Morgan fingerprint density at radius 1 is 0.978 bits per heavy atom. The minimum atomic E-state index is -4.63. The van der Waals surface area contributed by atoms with E-state index >= 15 is 0 Å². The Morgan fingerprint density at radius 3 is 2.22 bits per heavy atom. The van der Waals surface area contributed by atoms with Crippen molar-refractivity contribution in [2.75, 3.05) is 31.4 Å². The number of carbonyl (C=O) groups excluding carboxylic acids is 4. The largest absolute Gasteiger partial charge is 0.467 e. The van der Waals surface area contributed by atoms with Crippen molar-refractivity contribution in [1.82, 2.24) is 25.6 Å². The number of hydrogen-bond acceptors (Lipinski definition) is 11. The monoisotopic (exact) mass is 663 g/mol. The summed E-state index contributed by atoms with van der Waals surface area (Å²) in [5.41, 5.74) is 0.834. The molecule has 46 heavy (non-hydrogen) atoms. The number of carbonyl (C=O) groups is 4. The van der Waals surface area contributed by atoms with Gasteiger partial charge in [-0.3, -0.25) is 14.4 Å². The topological polar surface area (TPSA) is 174 Å². The van der Waals surface area contributed by atoms with E-state index in [9.17, 15) is 32.3 Å². The van der Waals surface area contributed by atoms with Crippen molar-refractivity contribution in [2.45, 2.75) is 43.4 Å². The first kappa shape index (κ1) is 33.9. The molecule has 2 aromatic carbocycles. The second-order valence-corrected chi connectivity index (χ2v) is 10.6. The Morgan fingerprint density at radius 2 is 1.63 bits per heavy atom. The number of benzene rings is 2. The molecular formula is C29H29ClF3N7O6. The highest BCUT2D eigenvalue weighted by atomic mass is 35.5. The number of ether oxygens (including phenoxy) is 2. The summed E-state index contributed by atoms with van der Waals surface area (Å²) >= 11 is 6.00. The van der Waals surface area contributed by atoms with Gasteiger partial charge >= 0.3 is 18.2 Å². The van der Waals surface area contributed by atoms with Gasteiger partial charge in [0, 0.05) is 29.7 Å². The molecule has 3 aromatic rings. The summed E-state index contributed by atoms with van der Waals surface area (Å²) in [6, 6.07) is 11.1. The third kappa shape index (κ3) is 9.26. The van der Waals surface area contributed by atoms with Gasteiger partial charge < -0.3 is 30.7 Å². The van der Waals surface area contributed by atoms with Crippen molar-refractivity contribution in [1.29, 1.82) is 0 Å². The summed E-state index contributed by atoms with van der Waals surface area (Å²) in [6.45, 7) is -1.62. The average Bonchev–Trinajstić information content (AvgIpc) is 3.81. The number of nitrogens with one attached hydrogen (secondary N) is 4. The summed E-state index contributed by atoms with van der Waals surface area (Å²) in [5.74, 6) is -3.22. The molecule has 1 aromatic heterocycles. The normalized spacial score (nSPS) is 14.0. The number of esters is 1. The lowest BCUT2D eigenvalue weighted by Gasteiger charge is -2.19. The molecule has 0 aliphatic heterocycles. The van der Waals surface area contributed by atoms with Gasteiger partial charge in [-0.1, -0.05) is 23.7 Å². The Hall–Kier alpha value is -4.99. The van der Waals surface area contributed by atoms with Crippen molar-refractivity contribution >= 4 is 52.8 Å². The van der Waals surface area contributed by atoms with E-state index < -0.39 is 53.9 Å². The van der Waals surface area contributed by atoms with Crippen LogP contribution in [0.1, 0.15) is 41.6 Å². The summed E-state index contributed by atoms with van der Waals surface area (Å²) in [5, 5.41) is 11.2. The minimum Gasteiger partial charge on any atom is -0.467 e. The maximum absolute atomic E-state index is 12.9. The number of amides is 2. The van der Waals surface area contributed by atoms with Crippen LogP contribution in [-0.2, 0) is 24.7 Å². The van der Waals surface area contributed by atoms with Gasteiger partial charge in [0.2, 0.25) is 17.7 Å². The number of alkyl halides is 3. The summed E-state index contributed by atoms with van der Waals surface area (Å²) in [4.78, 5) is 60.6. The highest BCUT2D eigenvalue weighted by molar-refractivity contribution is 6.36. The second kappa shape index (κ2) is 14.4. The molecule has 1 atom stereocenters. The van der Waals surface area contributed by atoms with E-state index in [2.05, 4.69) is 36.2 Å². The predicted molar refractivity (Wildman–Crippen MR) is 159 cm³/mol. The molecule has 1 heterocycles. The average molecular weight is 664 g/mol. The zero-order valence-corrected chi connectivity index (χ0v) is 25.3. The molecular weight excluding hydrogens is 635 g/mol. The van der Waals surface area contributed by atoms with Crippen LogP contribution in [0.15, 0.2) is 48.5 Å². The summed E-state index contributed by atoms with van der Waals surface area (Å²) in [6.07, 6.45) is -3.67. The van der Waals surface area contributed by atoms with Crippen molar-refractivity contribution in [3.8, 4) is 6.01 Å². The van der Waals surface area contributed by atoms with Crippen LogP contribution >= 0.6 is 11.6 Å². The molecule has 1 aliphatic rings. The van der Waals surface area contributed by atoms with Crippen LogP contribution in [0.3, 0.4) is 0 Å². The van der Waals surface area contributed by atoms with Gasteiger partial charge in [-0.2, -0.15) is 28.1 Å². The van der Waals surface area contributed by atoms with Gasteiger partial charge in [0.25, 0.3) is 11.8 Å². The van der Waals surface area contributed by atoms with E-state index in [4.69, 9.17) is 21.1 Å². The first-order valence-electron chi connectivity index (χ1n) is 13.8. The Kier molecular flexibility index (Phi) is 10.6. The number of hydrogen-bond donors (Lipinski definition) is 4. The molecule has 17 heteroatoms. The number of likely N-dealkylation sites (N-methyl/N-ethyl adjacent to an activating group) is 1. The maximum Gasteiger partial charge on any atom is 0.422 e. The summed E-state index contributed by atoms with van der Waals surface area (Å²) in [7, 11) is 2.41. The molecule has 1 aliphatic carbocycles. The van der Waals surface area contributed by atoms with Crippen LogP contribution in [0.2, 0.25) is 5.02 Å². The van der Waals surface area contributed by atoms with E-state index in [-0.39, 0.29) is 30.3 Å². The fraction of sp³-hybridized carbons (Fsp3) is 0.345. The smallest absolute Gasteiger partial charge is 0.422 e. The molecule has 13 nitrogen and oxygen atoms in total. The third-order valence-electron chi connectivity index (χ3n) is 6.81. The molecule has 0 bridgehead atoms. The minimum absolute atomic E-state index is 0.0260. The molecule has 0 unspecified atom stereocenters. The third-order valence-corrected chi connectivity index (χ3v) is 7.06. The SMILES string of the molecule is CNC(=O)C(=O)CC[C@H](NC(=O)c1ccc(Nc2nc(NC3(c4ccc(Cl)cc4)CC3)nc(OCC(F)(F)F)n2)cc1)C(=O)OC. The Balaban J connectivity index is 1.48. The highest BCUT2D eigenvalue weighted by Crippen LogP contribution is 2.48. The highest BCUT2D eigenvalue weighted by Gasteiger charge is 2.45. The van der Waals surface area contributed by atoms with Crippen LogP contribution in [0.25, 0.3) is 0 Å². The quantitative estimate of drug-likeness (QED) is 0.146. The van der Waals surface area contributed by atoms with Crippen LogP contribution in [-0.4, -0.2) is 71.5 Å². The van der Waals surface area contributed by atoms with Crippen LogP contribution in [0, 0.1) is 0 Å². The van der Waals surface area contributed by atoms with Gasteiger partial charge in [0.15, 0.2) is 6.61 Å². The second-order valence-electron chi connectivity index (χ2n) is 10.2. The number of halogens is 4. The molecule has 1 fully saturated rings. The van der Waals surface area contributed by atoms with Crippen molar-refractivity contribution in [2.24, 2.45) is 0 Å². The van der Waals surface area contributed by atoms with Crippen molar-refractivity contribution in [3.63, 3.8) is 0 Å². The number of methoxy groups -OCH3 is 1. The molecule has 4 N–H and O–H groups in total. The zero-order valence-electron chi connectivity index (χ0n) is 24.5. The number of rotatable bonds is 14. The lowest BCUT2D eigenvalue weighted by Crippen LogP contribution is -2.42. The molecule has 0 radical (unpaired) electrons. The van der Waals surface area contributed by atoms with Gasteiger partial charge in [0.05, 0.1) is 12.6 Å². The molecule has 244 valence electrons. The van der Waals surface area contributed by atoms with Crippen LogP contribution in [0.4, 0.5) is 30.8 Å². The van der Waals surface area contributed by atoms with Crippen LogP contribution in [0.5, 0.6) is 6.01 Å². The molecule has 1 saturated carbocycles. The van der Waals surface area contributed by atoms with Gasteiger partial charge in [-0.05, 0) is 61.2 Å². The first-order chi connectivity index (χ1) is 21.8. The van der Waals surface area contributed by atoms with Crippen molar-refractivity contribution < 1.29 is 41.8 Å². The lowest BCUT2D eigenvalue weighted by atomic mass is 10.1. The Labute approximate surface area is 265 Å². The summed E-state index contributed by atoms with van der Waals surface area (Å²) < 4.78 is 48.1.